The van der Waals surface area contributed by atoms with Gasteiger partial charge in [0.05, 0.1) is 12.0 Å². The van der Waals surface area contributed by atoms with Crippen LogP contribution in [0.15, 0.2) is 12.5 Å². The third-order valence-electron chi connectivity index (χ3n) is 1.90. The molecule has 0 aliphatic heterocycles. The van der Waals surface area contributed by atoms with Gasteiger partial charge in [0, 0.05) is 12.7 Å². The highest BCUT2D eigenvalue weighted by Crippen LogP contribution is 2.11. The molecular weight excluding hydrogens is 170 g/mol. The lowest BCUT2D eigenvalue weighted by atomic mass is 10.2. The van der Waals surface area contributed by atoms with Gasteiger partial charge in [0.2, 0.25) is 0 Å². The monoisotopic (exact) mass is 183 g/mol. The molecule has 0 radical (unpaired) electrons. The molecule has 0 aromatic carbocycles. The van der Waals surface area contributed by atoms with Crippen LogP contribution in [-0.2, 0) is 11.3 Å². The molecule has 1 unspecified atom stereocenters. The molecule has 3 N–H and O–H groups in total. The Hall–Kier alpha value is -1.36. The molecule has 1 aromatic heterocycles. The zero-order chi connectivity index (χ0) is 9.84. The molecule has 13 heavy (non-hydrogen) atoms. The van der Waals surface area contributed by atoms with Crippen LogP contribution in [0.4, 0.5) is 0 Å². The van der Waals surface area contributed by atoms with E-state index >= 15 is 0 Å². The summed E-state index contributed by atoms with van der Waals surface area (Å²) in [7, 11) is 0. The lowest BCUT2D eigenvalue weighted by Crippen LogP contribution is -2.16. The van der Waals surface area contributed by atoms with Crippen LogP contribution in [0.25, 0.3) is 0 Å². The van der Waals surface area contributed by atoms with Crippen LogP contribution in [0, 0.1) is 0 Å². The molecule has 0 saturated carbocycles. The third-order valence-corrected chi connectivity index (χ3v) is 1.90. The number of rotatable bonds is 4. The molecule has 5 nitrogen and oxygen atoms in total. The highest BCUT2D eigenvalue weighted by molar-refractivity contribution is 5.71. The fraction of sp³-hybridized carbons (Fsp3) is 0.500. The van der Waals surface area contributed by atoms with Crippen molar-refractivity contribution >= 4 is 5.97 Å². The highest BCUT2D eigenvalue weighted by Gasteiger charge is 2.16. The van der Waals surface area contributed by atoms with E-state index in [2.05, 4.69) is 4.98 Å². The Bertz CT molecular complexity index is 295. The van der Waals surface area contributed by atoms with Crippen molar-refractivity contribution in [3.05, 3.63) is 18.2 Å². The highest BCUT2D eigenvalue weighted by atomic mass is 16.4. The Labute approximate surface area is 76.2 Å². The first-order chi connectivity index (χ1) is 6.19. The second-order valence-corrected chi connectivity index (χ2v) is 2.78. The van der Waals surface area contributed by atoms with Gasteiger partial charge in [-0.1, -0.05) is 6.92 Å². The van der Waals surface area contributed by atoms with E-state index in [9.17, 15) is 4.79 Å². The molecule has 1 heterocycles. The minimum atomic E-state index is -0.844. The minimum absolute atomic E-state index is 0.336. The van der Waals surface area contributed by atoms with Crippen molar-refractivity contribution in [1.82, 2.24) is 9.55 Å². The molecule has 1 atom stereocenters. The number of carbonyl (C=O) groups is 1. The zero-order valence-electron chi connectivity index (χ0n) is 7.47. The molecule has 0 aliphatic rings. The first kappa shape index (κ1) is 9.73. The predicted octanol–water partition coefficient (Wildman–Crippen LogP) is 0.378. The maximum Gasteiger partial charge on any atom is 0.326 e. The quantitative estimate of drug-likeness (QED) is 0.707. The lowest BCUT2D eigenvalue weighted by Gasteiger charge is -2.09. The Kier molecular flexibility index (Phi) is 3.02. The SMILES string of the molecule is CCC(C(=O)O)n1cnc(CN)c1. The summed E-state index contributed by atoms with van der Waals surface area (Å²) < 4.78 is 1.57. The van der Waals surface area contributed by atoms with Crippen LogP contribution in [0.1, 0.15) is 25.1 Å². The summed E-state index contributed by atoms with van der Waals surface area (Å²) in [4.78, 5) is 14.7. The number of carboxylic acid groups (broad SMARTS) is 1. The van der Waals surface area contributed by atoms with E-state index in [0.29, 0.717) is 18.7 Å². The van der Waals surface area contributed by atoms with Crippen molar-refractivity contribution in [2.45, 2.75) is 25.9 Å². The topological polar surface area (TPSA) is 81.1 Å². The van der Waals surface area contributed by atoms with Gasteiger partial charge in [-0.15, -0.1) is 0 Å². The molecule has 1 rings (SSSR count). The zero-order valence-corrected chi connectivity index (χ0v) is 7.47. The molecule has 1 aromatic rings. The van der Waals surface area contributed by atoms with Gasteiger partial charge in [0.1, 0.15) is 6.04 Å². The number of hydrogen-bond acceptors (Lipinski definition) is 3. The molecule has 0 saturated heterocycles. The van der Waals surface area contributed by atoms with E-state index in [-0.39, 0.29) is 0 Å². The number of aliphatic carboxylic acids is 1. The van der Waals surface area contributed by atoms with Crippen LogP contribution < -0.4 is 5.73 Å². The second kappa shape index (κ2) is 4.04. The lowest BCUT2D eigenvalue weighted by molar-refractivity contribution is -0.141. The van der Waals surface area contributed by atoms with E-state index in [1.54, 1.807) is 10.8 Å². The molecule has 0 bridgehead atoms. The molecular formula is C8H13N3O2. The van der Waals surface area contributed by atoms with Gasteiger partial charge in [-0.3, -0.25) is 0 Å². The van der Waals surface area contributed by atoms with E-state index in [4.69, 9.17) is 10.8 Å². The standard InChI is InChI=1S/C8H13N3O2/c1-2-7(8(12)13)11-4-6(3-9)10-5-11/h4-5,7H,2-3,9H2,1H3,(H,12,13). The average molecular weight is 183 g/mol. The number of nitrogens with two attached hydrogens (primary N) is 1. The Balaban J connectivity index is 2.85. The molecule has 5 heteroatoms. The second-order valence-electron chi connectivity index (χ2n) is 2.78. The Morgan fingerprint density at radius 3 is 2.92 bits per heavy atom. The van der Waals surface area contributed by atoms with Crippen LogP contribution >= 0.6 is 0 Å². The molecule has 0 spiro atoms. The number of nitrogens with zero attached hydrogens (tertiary/aromatic N) is 2. The summed E-state index contributed by atoms with van der Waals surface area (Å²) in [6, 6.07) is -0.534. The van der Waals surface area contributed by atoms with Gasteiger partial charge < -0.3 is 15.4 Å². The summed E-state index contributed by atoms with van der Waals surface area (Å²) in [5.41, 5.74) is 6.07. The largest absolute Gasteiger partial charge is 0.480 e. The van der Waals surface area contributed by atoms with Crippen molar-refractivity contribution < 1.29 is 9.90 Å². The van der Waals surface area contributed by atoms with Crippen molar-refractivity contribution in [1.29, 1.82) is 0 Å². The smallest absolute Gasteiger partial charge is 0.326 e. The van der Waals surface area contributed by atoms with Gasteiger partial charge in [-0.05, 0) is 6.42 Å². The summed E-state index contributed by atoms with van der Waals surface area (Å²) in [6.45, 7) is 2.16. The average Bonchev–Trinajstić information content (AvgIpc) is 2.53. The molecule has 72 valence electrons. The normalized spacial score (nSPS) is 12.8. The Morgan fingerprint density at radius 2 is 2.54 bits per heavy atom. The van der Waals surface area contributed by atoms with Crippen LogP contribution in [-0.4, -0.2) is 20.6 Å². The number of imidazole rings is 1. The van der Waals surface area contributed by atoms with Crippen molar-refractivity contribution in [3.8, 4) is 0 Å². The van der Waals surface area contributed by atoms with E-state index in [1.165, 1.54) is 6.33 Å². The van der Waals surface area contributed by atoms with E-state index in [1.807, 2.05) is 6.92 Å². The number of hydrogen-bond donors (Lipinski definition) is 2. The predicted molar refractivity (Wildman–Crippen MR) is 47.1 cm³/mol. The molecule has 0 amide bonds. The number of carboxylic acids is 1. The first-order valence-corrected chi connectivity index (χ1v) is 4.14. The van der Waals surface area contributed by atoms with Gasteiger partial charge in [0.25, 0.3) is 0 Å². The van der Waals surface area contributed by atoms with Crippen molar-refractivity contribution in [2.24, 2.45) is 5.73 Å². The van der Waals surface area contributed by atoms with Crippen LogP contribution in [0.2, 0.25) is 0 Å². The summed E-state index contributed by atoms with van der Waals surface area (Å²) in [5.74, 6) is -0.844. The maximum absolute atomic E-state index is 10.7. The van der Waals surface area contributed by atoms with Crippen LogP contribution in [0.5, 0.6) is 0 Å². The van der Waals surface area contributed by atoms with Gasteiger partial charge in [-0.2, -0.15) is 0 Å². The maximum atomic E-state index is 10.7. The van der Waals surface area contributed by atoms with Gasteiger partial charge in [-0.25, -0.2) is 9.78 Å². The fourth-order valence-corrected chi connectivity index (χ4v) is 1.17. The minimum Gasteiger partial charge on any atom is -0.480 e. The summed E-state index contributed by atoms with van der Waals surface area (Å²) >= 11 is 0. The third kappa shape index (κ3) is 2.06. The molecule has 0 fully saturated rings. The summed E-state index contributed by atoms with van der Waals surface area (Å²) in [6.07, 6.45) is 3.71. The van der Waals surface area contributed by atoms with Gasteiger partial charge in [0.15, 0.2) is 0 Å². The van der Waals surface area contributed by atoms with Crippen LogP contribution in [0.3, 0.4) is 0 Å². The van der Waals surface area contributed by atoms with Gasteiger partial charge >= 0.3 is 5.97 Å². The molecule has 0 aliphatic carbocycles. The Morgan fingerprint density at radius 1 is 1.85 bits per heavy atom. The number of aromatic nitrogens is 2. The van der Waals surface area contributed by atoms with E-state index < -0.39 is 12.0 Å². The van der Waals surface area contributed by atoms with Crippen molar-refractivity contribution in [2.75, 3.05) is 0 Å². The summed E-state index contributed by atoms with van der Waals surface area (Å²) in [5, 5.41) is 8.83. The fourth-order valence-electron chi connectivity index (χ4n) is 1.17. The first-order valence-electron chi connectivity index (χ1n) is 4.14. The van der Waals surface area contributed by atoms with E-state index in [0.717, 1.165) is 0 Å². The van der Waals surface area contributed by atoms with Crippen molar-refractivity contribution in [3.63, 3.8) is 0 Å².